The molecule has 1 heterocycles. The van der Waals surface area contributed by atoms with Crippen LogP contribution in [0.4, 0.5) is 0 Å². The molecule has 0 N–H and O–H groups in total. The van der Waals surface area contributed by atoms with Crippen molar-refractivity contribution in [3.8, 4) is 0 Å². The Kier molecular flexibility index (Phi) is 6.26. The second-order valence-electron chi connectivity index (χ2n) is 6.30. The fourth-order valence-electron chi connectivity index (χ4n) is 2.57. The first-order valence-electron chi connectivity index (χ1n) is 7.81. The molecule has 0 aromatic heterocycles. The van der Waals surface area contributed by atoms with Crippen molar-refractivity contribution in [2.24, 2.45) is 5.92 Å². The van der Waals surface area contributed by atoms with Gasteiger partial charge >= 0.3 is 0 Å². The number of halogens is 1. The van der Waals surface area contributed by atoms with Crippen LogP contribution in [0, 0.1) is 5.92 Å². The molecule has 1 aliphatic heterocycles. The SMILES string of the molecule is CC(C)CCS(=O)(=O)N1CCN(Cc2cccc(Cl)c2)CC1. The lowest BCUT2D eigenvalue weighted by atomic mass is 10.2. The van der Waals surface area contributed by atoms with Gasteiger partial charge in [0, 0.05) is 37.7 Å². The van der Waals surface area contributed by atoms with Gasteiger partial charge < -0.3 is 0 Å². The Labute approximate surface area is 139 Å². The normalized spacial score (nSPS) is 18.0. The van der Waals surface area contributed by atoms with Crippen molar-refractivity contribution in [1.82, 2.24) is 9.21 Å². The summed E-state index contributed by atoms with van der Waals surface area (Å²) in [6.07, 6.45) is 0.727. The second-order valence-corrected chi connectivity index (χ2v) is 8.83. The zero-order valence-corrected chi connectivity index (χ0v) is 14.9. The molecule has 6 heteroatoms. The molecule has 22 heavy (non-hydrogen) atoms. The summed E-state index contributed by atoms with van der Waals surface area (Å²) in [6.45, 7) is 7.64. The van der Waals surface area contributed by atoms with E-state index >= 15 is 0 Å². The maximum Gasteiger partial charge on any atom is 0.214 e. The highest BCUT2D eigenvalue weighted by molar-refractivity contribution is 7.89. The van der Waals surface area contributed by atoms with Crippen LogP contribution in [0.2, 0.25) is 5.02 Å². The van der Waals surface area contributed by atoms with Crippen molar-refractivity contribution in [3.05, 3.63) is 34.9 Å². The van der Waals surface area contributed by atoms with Crippen LogP contribution >= 0.6 is 11.6 Å². The number of nitrogens with zero attached hydrogens (tertiary/aromatic N) is 2. The summed E-state index contributed by atoms with van der Waals surface area (Å²) in [5.41, 5.74) is 1.17. The third-order valence-electron chi connectivity index (χ3n) is 3.97. The zero-order valence-electron chi connectivity index (χ0n) is 13.3. The zero-order chi connectivity index (χ0) is 16.2. The summed E-state index contributed by atoms with van der Waals surface area (Å²) < 4.78 is 26.2. The summed E-state index contributed by atoms with van der Waals surface area (Å²) in [6, 6.07) is 7.83. The lowest BCUT2D eigenvalue weighted by molar-refractivity contribution is 0.181. The van der Waals surface area contributed by atoms with E-state index in [1.165, 1.54) is 5.56 Å². The molecule has 1 aromatic carbocycles. The fourth-order valence-corrected chi connectivity index (χ4v) is 4.53. The van der Waals surface area contributed by atoms with Crippen molar-refractivity contribution in [2.45, 2.75) is 26.8 Å². The van der Waals surface area contributed by atoms with Gasteiger partial charge in [0.2, 0.25) is 10.0 Å². The van der Waals surface area contributed by atoms with Gasteiger partial charge in [-0.15, -0.1) is 0 Å². The minimum Gasteiger partial charge on any atom is -0.296 e. The number of piperazine rings is 1. The molecular formula is C16H25ClN2O2S. The minimum atomic E-state index is -3.10. The fraction of sp³-hybridized carbons (Fsp3) is 0.625. The molecular weight excluding hydrogens is 320 g/mol. The van der Waals surface area contributed by atoms with E-state index in [0.29, 0.717) is 19.0 Å². The lowest BCUT2D eigenvalue weighted by Gasteiger charge is -2.34. The van der Waals surface area contributed by atoms with E-state index in [-0.39, 0.29) is 5.75 Å². The first kappa shape index (κ1) is 17.7. The van der Waals surface area contributed by atoms with Gasteiger partial charge in [-0.3, -0.25) is 4.90 Å². The van der Waals surface area contributed by atoms with Crippen molar-refractivity contribution < 1.29 is 8.42 Å². The molecule has 1 saturated heterocycles. The van der Waals surface area contributed by atoms with Crippen molar-refractivity contribution >= 4 is 21.6 Å². The van der Waals surface area contributed by atoms with E-state index in [9.17, 15) is 8.42 Å². The third-order valence-corrected chi connectivity index (χ3v) is 6.11. The number of rotatable bonds is 6. The Morgan fingerprint density at radius 3 is 2.45 bits per heavy atom. The monoisotopic (exact) mass is 344 g/mol. The molecule has 4 nitrogen and oxygen atoms in total. The Balaban J connectivity index is 1.85. The first-order chi connectivity index (χ1) is 10.4. The van der Waals surface area contributed by atoms with E-state index in [0.717, 1.165) is 31.1 Å². The number of sulfonamides is 1. The van der Waals surface area contributed by atoms with E-state index in [1.807, 2.05) is 18.2 Å². The molecule has 0 radical (unpaired) electrons. The minimum absolute atomic E-state index is 0.263. The molecule has 1 aromatic rings. The number of hydrogen-bond acceptors (Lipinski definition) is 3. The van der Waals surface area contributed by atoms with Crippen molar-refractivity contribution in [2.75, 3.05) is 31.9 Å². The standard InChI is InChI=1S/C16H25ClN2O2S/c1-14(2)6-11-22(20,21)19-9-7-18(8-10-19)13-15-4-3-5-16(17)12-15/h3-5,12,14H,6-11,13H2,1-2H3. The molecule has 124 valence electrons. The van der Waals surface area contributed by atoms with E-state index in [1.54, 1.807) is 4.31 Å². The molecule has 0 bridgehead atoms. The quantitative estimate of drug-likeness (QED) is 0.796. The maximum absolute atomic E-state index is 12.3. The van der Waals surface area contributed by atoms with Crippen molar-refractivity contribution in [3.63, 3.8) is 0 Å². The molecule has 0 aliphatic carbocycles. The van der Waals surface area contributed by atoms with Crippen LogP contribution in [0.5, 0.6) is 0 Å². The van der Waals surface area contributed by atoms with Crippen LogP contribution in [0.25, 0.3) is 0 Å². The van der Waals surface area contributed by atoms with Crippen LogP contribution in [-0.4, -0.2) is 49.6 Å². The molecule has 1 aliphatic rings. The highest BCUT2D eigenvalue weighted by Gasteiger charge is 2.26. The van der Waals surface area contributed by atoms with Crippen LogP contribution in [0.15, 0.2) is 24.3 Å². The number of hydrogen-bond donors (Lipinski definition) is 0. The summed E-state index contributed by atoms with van der Waals surface area (Å²) >= 11 is 6.00. The van der Waals surface area contributed by atoms with E-state index in [2.05, 4.69) is 24.8 Å². The Hall–Kier alpha value is -0.620. The molecule has 0 saturated carbocycles. The average molecular weight is 345 g/mol. The van der Waals surface area contributed by atoms with Crippen LogP contribution in [-0.2, 0) is 16.6 Å². The second kappa shape index (κ2) is 7.77. The average Bonchev–Trinajstić information content (AvgIpc) is 2.46. The van der Waals surface area contributed by atoms with E-state index in [4.69, 9.17) is 11.6 Å². The predicted octanol–water partition coefficient (Wildman–Crippen LogP) is 2.83. The van der Waals surface area contributed by atoms with Gasteiger partial charge in [0.1, 0.15) is 0 Å². The summed E-state index contributed by atoms with van der Waals surface area (Å²) in [4.78, 5) is 2.28. The summed E-state index contributed by atoms with van der Waals surface area (Å²) in [5, 5.41) is 0.743. The van der Waals surface area contributed by atoms with Gasteiger partial charge in [-0.2, -0.15) is 4.31 Å². The van der Waals surface area contributed by atoms with Gasteiger partial charge in [0.25, 0.3) is 0 Å². The summed E-state index contributed by atoms with van der Waals surface area (Å²) in [5.74, 6) is 0.678. The van der Waals surface area contributed by atoms with Crippen molar-refractivity contribution in [1.29, 1.82) is 0 Å². The summed E-state index contributed by atoms with van der Waals surface area (Å²) in [7, 11) is -3.10. The van der Waals surface area contributed by atoms with Gasteiger partial charge in [0.15, 0.2) is 0 Å². The highest BCUT2D eigenvalue weighted by Crippen LogP contribution is 2.16. The Bertz CT molecular complexity index is 582. The number of benzene rings is 1. The molecule has 0 amide bonds. The lowest BCUT2D eigenvalue weighted by Crippen LogP contribution is -2.48. The van der Waals surface area contributed by atoms with E-state index < -0.39 is 10.0 Å². The van der Waals surface area contributed by atoms with Gasteiger partial charge in [0.05, 0.1) is 5.75 Å². The maximum atomic E-state index is 12.3. The van der Waals surface area contributed by atoms with Gasteiger partial charge in [-0.05, 0) is 30.0 Å². The molecule has 1 fully saturated rings. The first-order valence-corrected chi connectivity index (χ1v) is 9.80. The largest absolute Gasteiger partial charge is 0.296 e. The smallest absolute Gasteiger partial charge is 0.214 e. The van der Waals surface area contributed by atoms with Crippen LogP contribution in [0.3, 0.4) is 0 Å². The predicted molar refractivity (Wildman–Crippen MR) is 91.5 cm³/mol. The molecule has 0 spiro atoms. The van der Waals surface area contributed by atoms with Gasteiger partial charge in [-0.1, -0.05) is 37.6 Å². The van der Waals surface area contributed by atoms with Gasteiger partial charge in [-0.25, -0.2) is 8.42 Å². The van der Waals surface area contributed by atoms with Crippen LogP contribution < -0.4 is 0 Å². The van der Waals surface area contributed by atoms with Crippen LogP contribution in [0.1, 0.15) is 25.8 Å². The topological polar surface area (TPSA) is 40.6 Å². The molecule has 0 atom stereocenters. The third kappa shape index (κ3) is 5.23. The highest BCUT2D eigenvalue weighted by atomic mass is 35.5. The Morgan fingerprint density at radius 1 is 1.18 bits per heavy atom. The Morgan fingerprint density at radius 2 is 1.86 bits per heavy atom. The molecule has 0 unspecified atom stereocenters. The molecule has 2 rings (SSSR count).